The van der Waals surface area contributed by atoms with Crippen LogP contribution in [0.15, 0.2) is 29.5 Å². The molecule has 0 aromatic carbocycles. The number of imidazole rings is 1. The van der Waals surface area contributed by atoms with Crippen LogP contribution in [0.4, 0.5) is 8.78 Å². The number of aromatic amines is 1. The summed E-state index contributed by atoms with van der Waals surface area (Å²) in [6.07, 6.45) is 5.34. The molecular weight excluding hydrogens is 404 g/mol. The van der Waals surface area contributed by atoms with Gasteiger partial charge in [-0.2, -0.15) is 5.10 Å². The quantitative estimate of drug-likeness (QED) is 0.686. The van der Waals surface area contributed by atoms with Crippen LogP contribution in [-0.2, 0) is 6.54 Å². The molecule has 1 aliphatic heterocycles. The first-order valence-corrected chi connectivity index (χ1v) is 10.7. The molecular formula is C21H25F2N7O. The molecule has 0 amide bonds. The van der Waals surface area contributed by atoms with Crippen molar-refractivity contribution in [2.75, 3.05) is 13.1 Å². The van der Waals surface area contributed by atoms with Gasteiger partial charge in [0.05, 0.1) is 12.7 Å². The van der Waals surface area contributed by atoms with Gasteiger partial charge in [0, 0.05) is 50.2 Å². The van der Waals surface area contributed by atoms with E-state index in [0.29, 0.717) is 36.6 Å². The molecule has 2 atom stereocenters. The molecule has 4 heterocycles. The fourth-order valence-electron chi connectivity index (χ4n) is 4.84. The molecule has 0 spiro atoms. The topological polar surface area (TPSA) is 92.1 Å². The minimum absolute atomic E-state index is 0.0479. The predicted molar refractivity (Wildman–Crippen MR) is 109 cm³/mol. The van der Waals surface area contributed by atoms with E-state index >= 15 is 0 Å². The number of alkyl halides is 2. The van der Waals surface area contributed by atoms with Crippen molar-refractivity contribution in [2.45, 2.75) is 56.9 Å². The fraction of sp³-hybridized carbons (Fsp3) is 0.571. The zero-order valence-corrected chi connectivity index (χ0v) is 17.3. The van der Waals surface area contributed by atoms with E-state index in [-0.39, 0.29) is 36.2 Å². The largest absolute Gasteiger partial charge is 0.307 e. The molecule has 2 unspecified atom stereocenters. The Balaban J connectivity index is 1.41. The molecule has 5 rings (SSSR count). The van der Waals surface area contributed by atoms with Crippen molar-refractivity contribution in [1.82, 2.24) is 34.4 Å². The first kappa shape index (κ1) is 20.2. The highest BCUT2D eigenvalue weighted by molar-refractivity contribution is 5.42. The third-order valence-corrected chi connectivity index (χ3v) is 6.55. The van der Waals surface area contributed by atoms with Crippen LogP contribution in [0.1, 0.15) is 61.9 Å². The number of hydrogen-bond acceptors (Lipinski definition) is 6. The number of aromatic nitrogens is 6. The number of halogens is 2. The summed E-state index contributed by atoms with van der Waals surface area (Å²) in [5.41, 5.74) is 0.109. The summed E-state index contributed by atoms with van der Waals surface area (Å²) >= 11 is 0. The van der Waals surface area contributed by atoms with Crippen molar-refractivity contribution < 1.29 is 8.78 Å². The van der Waals surface area contributed by atoms with E-state index in [9.17, 15) is 13.6 Å². The maximum atomic E-state index is 13.6. The molecule has 1 saturated carbocycles. The van der Waals surface area contributed by atoms with Gasteiger partial charge >= 0.3 is 0 Å². The minimum Gasteiger partial charge on any atom is -0.307 e. The van der Waals surface area contributed by atoms with Crippen LogP contribution >= 0.6 is 0 Å². The molecule has 1 saturated heterocycles. The summed E-state index contributed by atoms with van der Waals surface area (Å²) in [5.74, 6) is -0.406. The van der Waals surface area contributed by atoms with Gasteiger partial charge in [0.25, 0.3) is 5.56 Å². The molecule has 0 bridgehead atoms. The lowest BCUT2D eigenvalue weighted by Gasteiger charge is -2.27. The number of nitrogens with zero attached hydrogens (tertiary/aromatic N) is 6. The lowest BCUT2D eigenvalue weighted by molar-refractivity contribution is -0.0388. The third-order valence-electron chi connectivity index (χ3n) is 6.55. The van der Waals surface area contributed by atoms with Crippen LogP contribution in [0.2, 0.25) is 0 Å². The summed E-state index contributed by atoms with van der Waals surface area (Å²) < 4.78 is 28.8. The molecule has 1 aliphatic carbocycles. The lowest BCUT2D eigenvalue weighted by Crippen LogP contribution is -2.26. The Morgan fingerprint density at radius 3 is 2.65 bits per heavy atom. The zero-order chi connectivity index (χ0) is 21.6. The predicted octanol–water partition coefficient (Wildman–Crippen LogP) is 2.74. The van der Waals surface area contributed by atoms with Crippen molar-refractivity contribution >= 4 is 5.52 Å². The van der Waals surface area contributed by atoms with E-state index in [1.165, 1.54) is 6.20 Å². The smallest absolute Gasteiger partial charge is 0.276 e. The van der Waals surface area contributed by atoms with Crippen LogP contribution in [0, 0.1) is 5.92 Å². The molecule has 8 nitrogen and oxygen atoms in total. The second kappa shape index (κ2) is 7.74. The Labute approximate surface area is 177 Å². The highest BCUT2D eigenvalue weighted by Gasteiger charge is 2.37. The Hall–Kier alpha value is -2.75. The molecule has 2 fully saturated rings. The van der Waals surface area contributed by atoms with Gasteiger partial charge in [-0.3, -0.25) is 9.69 Å². The molecule has 164 valence electrons. The van der Waals surface area contributed by atoms with Gasteiger partial charge in [0.2, 0.25) is 5.92 Å². The number of hydrogen-bond donors (Lipinski definition) is 1. The van der Waals surface area contributed by atoms with E-state index in [2.05, 4.69) is 31.8 Å². The van der Waals surface area contributed by atoms with E-state index in [1.54, 1.807) is 23.0 Å². The summed E-state index contributed by atoms with van der Waals surface area (Å²) in [6, 6.07) is 1.79. The number of rotatable bonds is 4. The standard InChI is InChI=1S/C21H25F2N7O/c1-13-10-29(12-17-24-7-2-8-25-17)11-15(13)18-27-20(31)16-9-26-19(30(16)28-18)14-3-5-21(22,23)6-4-14/h2,7-9,13-15H,3-6,10-12H2,1H3,(H,27,28,31). The molecule has 10 heteroatoms. The summed E-state index contributed by atoms with van der Waals surface area (Å²) in [4.78, 5) is 30.9. The number of nitrogens with one attached hydrogen (secondary N) is 1. The number of likely N-dealkylation sites (tertiary alicyclic amines) is 1. The zero-order valence-electron chi connectivity index (χ0n) is 17.3. The summed E-state index contributed by atoms with van der Waals surface area (Å²) in [6.45, 7) is 4.35. The van der Waals surface area contributed by atoms with Crippen LogP contribution in [0.5, 0.6) is 0 Å². The van der Waals surface area contributed by atoms with Crippen molar-refractivity contribution in [1.29, 1.82) is 0 Å². The second-order valence-electron chi connectivity index (χ2n) is 8.83. The average Bonchev–Trinajstić information content (AvgIpc) is 3.32. The Bertz CT molecular complexity index is 1120. The minimum atomic E-state index is -2.61. The number of fused-ring (bicyclic) bond motifs is 1. The van der Waals surface area contributed by atoms with Gasteiger partial charge in [-0.15, -0.1) is 0 Å². The average molecular weight is 429 g/mol. The molecule has 31 heavy (non-hydrogen) atoms. The highest BCUT2D eigenvalue weighted by Crippen LogP contribution is 2.40. The van der Waals surface area contributed by atoms with E-state index in [1.807, 2.05) is 0 Å². The summed E-state index contributed by atoms with van der Waals surface area (Å²) in [7, 11) is 0. The Morgan fingerprint density at radius 1 is 1.16 bits per heavy atom. The summed E-state index contributed by atoms with van der Waals surface area (Å²) in [5, 5.41) is 4.73. The highest BCUT2D eigenvalue weighted by atomic mass is 19.3. The van der Waals surface area contributed by atoms with Gasteiger partial charge in [-0.05, 0) is 24.8 Å². The molecule has 0 radical (unpaired) electrons. The van der Waals surface area contributed by atoms with Crippen molar-refractivity contribution in [3.63, 3.8) is 0 Å². The maximum Gasteiger partial charge on any atom is 0.276 e. The van der Waals surface area contributed by atoms with Gasteiger partial charge in [0.1, 0.15) is 17.5 Å². The van der Waals surface area contributed by atoms with Gasteiger partial charge in [-0.25, -0.2) is 28.2 Å². The van der Waals surface area contributed by atoms with Gasteiger partial charge < -0.3 is 4.98 Å². The van der Waals surface area contributed by atoms with Gasteiger partial charge in [-0.1, -0.05) is 6.92 Å². The lowest BCUT2D eigenvalue weighted by atomic mass is 9.86. The normalized spacial score (nSPS) is 24.7. The number of H-pyrrole nitrogens is 1. The molecule has 3 aromatic heterocycles. The molecule has 1 N–H and O–H groups in total. The SMILES string of the molecule is CC1CN(Cc2ncccn2)CC1c1nn2c(C3CCC(F)(F)CC3)ncc2c(=O)[nH]1. The third kappa shape index (κ3) is 3.96. The van der Waals surface area contributed by atoms with E-state index < -0.39 is 5.92 Å². The molecule has 2 aliphatic rings. The van der Waals surface area contributed by atoms with Crippen LogP contribution < -0.4 is 5.56 Å². The maximum absolute atomic E-state index is 13.6. The van der Waals surface area contributed by atoms with Crippen LogP contribution in [0.3, 0.4) is 0 Å². The Kier molecular flexibility index (Phi) is 5.04. The van der Waals surface area contributed by atoms with Crippen molar-refractivity contribution in [3.05, 3.63) is 52.5 Å². The fourth-order valence-corrected chi connectivity index (χ4v) is 4.84. The van der Waals surface area contributed by atoms with E-state index in [0.717, 1.165) is 18.9 Å². The van der Waals surface area contributed by atoms with Crippen molar-refractivity contribution in [3.8, 4) is 0 Å². The van der Waals surface area contributed by atoms with Crippen LogP contribution in [0.25, 0.3) is 5.52 Å². The van der Waals surface area contributed by atoms with E-state index in [4.69, 9.17) is 5.10 Å². The first-order valence-electron chi connectivity index (χ1n) is 10.7. The second-order valence-corrected chi connectivity index (χ2v) is 8.83. The van der Waals surface area contributed by atoms with Crippen LogP contribution in [-0.4, -0.2) is 53.5 Å². The molecule has 3 aromatic rings. The monoisotopic (exact) mass is 429 g/mol. The Morgan fingerprint density at radius 2 is 1.90 bits per heavy atom. The van der Waals surface area contributed by atoms with Gasteiger partial charge in [0.15, 0.2) is 5.52 Å². The van der Waals surface area contributed by atoms with Crippen molar-refractivity contribution in [2.24, 2.45) is 5.92 Å². The first-order chi connectivity index (χ1) is 14.9.